The Kier molecular flexibility index (Phi) is 6.38. The van der Waals surface area contributed by atoms with E-state index in [0.29, 0.717) is 11.6 Å². The van der Waals surface area contributed by atoms with Gasteiger partial charge in [-0.25, -0.2) is 4.79 Å². The third kappa shape index (κ3) is 4.26. The Balaban J connectivity index is 1.35. The third-order valence-electron chi connectivity index (χ3n) is 7.67. The van der Waals surface area contributed by atoms with Crippen molar-refractivity contribution in [3.8, 4) is 16.9 Å². The number of aromatic nitrogens is 1. The fraction of sp³-hybridized carbons (Fsp3) is 0.464. The van der Waals surface area contributed by atoms with Crippen molar-refractivity contribution in [1.82, 2.24) is 14.8 Å². The van der Waals surface area contributed by atoms with E-state index in [9.17, 15) is 9.59 Å². The number of benzene rings is 1. The van der Waals surface area contributed by atoms with Gasteiger partial charge in [0.1, 0.15) is 11.8 Å². The number of fused-ring (bicyclic) bond motifs is 2. The van der Waals surface area contributed by atoms with Gasteiger partial charge in [0.2, 0.25) is 0 Å². The van der Waals surface area contributed by atoms with Crippen molar-refractivity contribution in [3.63, 3.8) is 0 Å². The molecular weight excluding hydrogens is 494 g/mol. The molecule has 0 bridgehead atoms. The molecule has 2 aliphatic heterocycles. The van der Waals surface area contributed by atoms with E-state index in [1.54, 1.807) is 22.4 Å². The van der Waals surface area contributed by atoms with Gasteiger partial charge < -0.3 is 9.64 Å². The molecule has 1 unspecified atom stereocenters. The van der Waals surface area contributed by atoms with Crippen LogP contribution < -0.4 is 4.74 Å². The molecule has 2 saturated heterocycles. The first-order valence-electron chi connectivity index (χ1n) is 13.0. The lowest BCUT2D eigenvalue weighted by atomic mass is 9.97. The molecule has 1 atom stereocenters. The smallest absolute Gasteiger partial charge is 0.327 e. The first kappa shape index (κ1) is 23.7. The lowest BCUT2D eigenvalue weighted by Gasteiger charge is -2.26. The molecule has 6 rings (SSSR count). The van der Waals surface area contributed by atoms with Crippen LogP contribution >= 0.6 is 22.9 Å². The summed E-state index contributed by atoms with van der Waals surface area (Å²) in [6.45, 7) is 3.00. The normalized spacial score (nSPS) is 20.9. The largest absolute Gasteiger partial charge is 0.490 e. The SMILES string of the molecule is Cc1cc(Cl)cc(-c2ccnc3cc(CN4C(=O)C5CCCCN5C4=O)sc23)c1OC1CCCCC1. The molecule has 6 nitrogen and oxygen atoms in total. The fourth-order valence-corrected chi connectivity index (χ4v) is 7.26. The average molecular weight is 524 g/mol. The zero-order valence-electron chi connectivity index (χ0n) is 20.5. The number of amides is 3. The number of urea groups is 1. The van der Waals surface area contributed by atoms with Crippen LogP contribution in [0.5, 0.6) is 5.75 Å². The molecule has 8 heteroatoms. The Labute approximate surface area is 220 Å². The highest BCUT2D eigenvalue weighted by Crippen LogP contribution is 2.43. The lowest BCUT2D eigenvalue weighted by molar-refractivity contribution is -0.129. The second kappa shape index (κ2) is 9.67. The first-order valence-corrected chi connectivity index (χ1v) is 14.2. The number of thiophene rings is 1. The summed E-state index contributed by atoms with van der Waals surface area (Å²) < 4.78 is 7.61. The molecule has 3 amide bonds. The maximum atomic E-state index is 13.0. The number of hydrogen-bond acceptors (Lipinski definition) is 5. The van der Waals surface area contributed by atoms with E-state index in [-0.39, 0.29) is 30.6 Å². The van der Waals surface area contributed by atoms with Crippen LogP contribution in [0.4, 0.5) is 4.79 Å². The zero-order valence-corrected chi connectivity index (χ0v) is 22.0. The minimum Gasteiger partial charge on any atom is -0.490 e. The predicted molar refractivity (Wildman–Crippen MR) is 143 cm³/mol. The monoisotopic (exact) mass is 523 g/mol. The first-order chi connectivity index (χ1) is 17.5. The van der Waals surface area contributed by atoms with Crippen LogP contribution in [0.3, 0.4) is 0 Å². The third-order valence-corrected chi connectivity index (χ3v) is 9.03. The Hall–Kier alpha value is -2.64. The number of halogens is 1. The number of carbonyl (C=O) groups excluding carboxylic acids is 2. The number of nitrogens with zero attached hydrogens (tertiary/aromatic N) is 3. The van der Waals surface area contributed by atoms with Crippen LogP contribution in [0, 0.1) is 6.92 Å². The van der Waals surface area contributed by atoms with Crippen LogP contribution in [0.15, 0.2) is 30.5 Å². The number of pyridine rings is 1. The minimum absolute atomic E-state index is 0.0704. The molecule has 0 radical (unpaired) electrons. The molecule has 1 aliphatic carbocycles. The molecular formula is C28H30ClN3O3S. The van der Waals surface area contributed by atoms with Crippen molar-refractivity contribution < 1.29 is 14.3 Å². The highest BCUT2D eigenvalue weighted by molar-refractivity contribution is 7.19. The van der Waals surface area contributed by atoms with Crippen molar-refractivity contribution in [2.45, 2.75) is 77.0 Å². The van der Waals surface area contributed by atoms with Crippen molar-refractivity contribution in [3.05, 3.63) is 45.9 Å². The number of imide groups is 1. The number of carbonyl (C=O) groups is 2. The van der Waals surface area contributed by atoms with Gasteiger partial charge in [-0.05, 0) is 81.7 Å². The highest BCUT2D eigenvalue weighted by atomic mass is 35.5. The van der Waals surface area contributed by atoms with Gasteiger partial charge in [-0.3, -0.25) is 14.7 Å². The Morgan fingerprint density at radius 3 is 2.67 bits per heavy atom. The summed E-state index contributed by atoms with van der Waals surface area (Å²) in [7, 11) is 0. The summed E-state index contributed by atoms with van der Waals surface area (Å²) in [5.74, 6) is 0.814. The summed E-state index contributed by atoms with van der Waals surface area (Å²) >= 11 is 8.11. The average Bonchev–Trinajstić information content (AvgIpc) is 3.41. The molecule has 3 aliphatic rings. The van der Waals surface area contributed by atoms with Gasteiger partial charge in [0.15, 0.2) is 0 Å². The van der Waals surface area contributed by atoms with E-state index in [2.05, 4.69) is 4.98 Å². The molecule has 1 aromatic carbocycles. The van der Waals surface area contributed by atoms with Crippen molar-refractivity contribution in [2.75, 3.05) is 6.54 Å². The van der Waals surface area contributed by atoms with Crippen LogP contribution in [0.1, 0.15) is 61.8 Å². The second-order valence-electron chi connectivity index (χ2n) is 10.2. The van der Waals surface area contributed by atoms with Gasteiger partial charge in [0, 0.05) is 33.8 Å². The molecule has 0 N–H and O–H groups in total. The zero-order chi connectivity index (χ0) is 24.8. The van der Waals surface area contributed by atoms with E-state index in [1.807, 2.05) is 31.2 Å². The van der Waals surface area contributed by atoms with Crippen LogP contribution in [0.2, 0.25) is 5.02 Å². The van der Waals surface area contributed by atoms with E-state index in [4.69, 9.17) is 16.3 Å². The van der Waals surface area contributed by atoms with Gasteiger partial charge >= 0.3 is 6.03 Å². The molecule has 2 aromatic heterocycles. The number of aryl methyl sites for hydroxylation is 1. The predicted octanol–water partition coefficient (Wildman–Crippen LogP) is 6.95. The standard InChI is InChI=1S/C28H30ClN3O3S/c1-17-13-18(29)14-22(25(17)35-19-7-3-2-4-8-19)21-10-11-30-23-15-20(36-26(21)23)16-32-27(33)24-9-5-6-12-31(24)28(32)34/h10-11,13-15,19,24H,2-9,12,16H2,1H3. The molecule has 1 saturated carbocycles. The molecule has 4 heterocycles. The van der Waals surface area contributed by atoms with Gasteiger partial charge in [0.05, 0.1) is 22.9 Å². The summed E-state index contributed by atoms with van der Waals surface area (Å²) in [5, 5.41) is 0.671. The Morgan fingerprint density at radius 2 is 1.86 bits per heavy atom. The fourth-order valence-electron chi connectivity index (χ4n) is 5.86. The van der Waals surface area contributed by atoms with Gasteiger partial charge in [-0.1, -0.05) is 18.0 Å². The summed E-state index contributed by atoms with van der Waals surface area (Å²) in [5.41, 5.74) is 3.86. The summed E-state index contributed by atoms with van der Waals surface area (Å²) in [6.07, 6.45) is 10.6. The topological polar surface area (TPSA) is 62.7 Å². The van der Waals surface area contributed by atoms with Gasteiger partial charge in [0.25, 0.3) is 5.91 Å². The Morgan fingerprint density at radius 1 is 1.06 bits per heavy atom. The van der Waals surface area contributed by atoms with E-state index < -0.39 is 0 Å². The van der Waals surface area contributed by atoms with Crippen molar-refractivity contribution >= 4 is 45.1 Å². The number of piperidine rings is 1. The minimum atomic E-state index is -0.289. The van der Waals surface area contributed by atoms with E-state index in [0.717, 1.165) is 69.6 Å². The quantitative estimate of drug-likeness (QED) is 0.339. The molecule has 36 heavy (non-hydrogen) atoms. The maximum Gasteiger partial charge on any atom is 0.327 e. The number of rotatable bonds is 5. The summed E-state index contributed by atoms with van der Waals surface area (Å²) in [4.78, 5) is 34.6. The highest BCUT2D eigenvalue weighted by Gasteiger charge is 2.45. The molecule has 188 valence electrons. The van der Waals surface area contributed by atoms with E-state index in [1.165, 1.54) is 24.2 Å². The van der Waals surface area contributed by atoms with Crippen LogP contribution in [0.25, 0.3) is 21.3 Å². The van der Waals surface area contributed by atoms with Crippen LogP contribution in [-0.4, -0.2) is 45.4 Å². The maximum absolute atomic E-state index is 13.0. The van der Waals surface area contributed by atoms with Crippen molar-refractivity contribution in [1.29, 1.82) is 0 Å². The summed E-state index contributed by atoms with van der Waals surface area (Å²) in [6, 6.07) is 7.49. The van der Waals surface area contributed by atoms with Crippen LogP contribution in [-0.2, 0) is 11.3 Å². The Bertz CT molecular complexity index is 1310. The second-order valence-corrected chi connectivity index (χ2v) is 11.7. The molecule has 3 aromatic rings. The van der Waals surface area contributed by atoms with Crippen molar-refractivity contribution in [2.24, 2.45) is 0 Å². The molecule has 0 spiro atoms. The van der Waals surface area contributed by atoms with Gasteiger partial charge in [-0.2, -0.15) is 0 Å². The molecule has 3 fully saturated rings. The lowest BCUT2D eigenvalue weighted by Crippen LogP contribution is -2.38. The van der Waals surface area contributed by atoms with E-state index >= 15 is 0 Å². The number of hydrogen-bond donors (Lipinski definition) is 0. The van der Waals surface area contributed by atoms with Gasteiger partial charge in [-0.15, -0.1) is 11.3 Å². The number of ether oxygens (including phenoxy) is 1.